The van der Waals surface area contributed by atoms with E-state index in [9.17, 15) is 14.4 Å². The van der Waals surface area contributed by atoms with E-state index in [0.717, 1.165) is 10.5 Å². The Balaban J connectivity index is 1.62. The smallest absolute Gasteiger partial charge is 0.326 e. The van der Waals surface area contributed by atoms with Crippen LogP contribution in [0.15, 0.2) is 47.4 Å². The molecule has 1 aliphatic heterocycles. The number of benzene rings is 2. The normalized spacial score (nSPS) is 14.2. The van der Waals surface area contributed by atoms with Crippen LogP contribution in [0, 0.1) is 6.92 Å². The molecular weight excluding hydrogens is 400 g/mol. The van der Waals surface area contributed by atoms with Gasteiger partial charge >= 0.3 is 5.97 Å². The number of carbonyl (C=O) groups excluding carboxylic acids is 3. The molecule has 8 heteroatoms. The molecule has 146 valence electrons. The number of hydrogen-bond acceptors (Lipinski definition) is 5. The molecule has 2 aromatic rings. The third-order valence-corrected chi connectivity index (χ3v) is 5.76. The summed E-state index contributed by atoms with van der Waals surface area (Å²) in [5, 5.41) is 3.23. The predicted molar refractivity (Wildman–Crippen MR) is 110 cm³/mol. The van der Waals surface area contributed by atoms with Crippen LogP contribution in [0.4, 0.5) is 11.4 Å². The number of nitrogens with zero attached hydrogens (tertiary/aromatic N) is 1. The fourth-order valence-electron chi connectivity index (χ4n) is 2.72. The number of amides is 2. The van der Waals surface area contributed by atoms with Crippen LogP contribution in [-0.4, -0.2) is 36.2 Å². The van der Waals surface area contributed by atoms with Gasteiger partial charge in [-0.1, -0.05) is 29.8 Å². The van der Waals surface area contributed by atoms with Crippen LogP contribution in [0.25, 0.3) is 0 Å². The zero-order valence-corrected chi connectivity index (χ0v) is 17.0. The van der Waals surface area contributed by atoms with Gasteiger partial charge in [-0.2, -0.15) is 0 Å². The molecule has 0 bridgehead atoms. The fraction of sp³-hybridized carbons (Fsp3) is 0.250. The van der Waals surface area contributed by atoms with Crippen molar-refractivity contribution in [1.82, 2.24) is 0 Å². The Morgan fingerprint density at radius 3 is 2.79 bits per heavy atom. The van der Waals surface area contributed by atoms with E-state index >= 15 is 0 Å². The minimum Gasteiger partial charge on any atom is -0.451 e. The molecule has 0 unspecified atom stereocenters. The molecule has 0 aromatic heterocycles. The molecule has 2 aromatic carbocycles. The summed E-state index contributed by atoms with van der Waals surface area (Å²) in [5.41, 5.74) is 1.95. The highest BCUT2D eigenvalue weighted by Crippen LogP contribution is 2.34. The van der Waals surface area contributed by atoms with Crippen molar-refractivity contribution >= 4 is 52.5 Å². The van der Waals surface area contributed by atoms with Crippen molar-refractivity contribution in [3.05, 3.63) is 53.1 Å². The maximum Gasteiger partial charge on any atom is 0.326 e. The predicted octanol–water partition coefficient (Wildman–Crippen LogP) is 3.66. The molecule has 0 fully saturated rings. The number of fused-ring (bicyclic) bond motifs is 1. The minimum absolute atomic E-state index is 0.174. The third-order valence-electron chi connectivity index (χ3n) is 4.30. The summed E-state index contributed by atoms with van der Waals surface area (Å²) < 4.78 is 5.24. The van der Waals surface area contributed by atoms with Gasteiger partial charge in [0.05, 0.1) is 11.4 Å². The Labute approximate surface area is 172 Å². The van der Waals surface area contributed by atoms with Crippen molar-refractivity contribution in [3.8, 4) is 0 Å². The first-order chi connectivity index (χ1) is 13.4. The van der Waals surface area contributed by atoms with E-state index in [-0.39, 0.29) is 18.2 Å². The lowest BCUT2D eigenvalue weighted by molar-refractivity contribution is -0.152. The quantitative estimate of drug-likeness (QED) is 0.750. The number of thioether (sulfide) groups is 1. The number of halogens is 1. The Morgan fingerprint density at radius 1 is 1.25 bits per heavy atom. The second-order valence-electron chi connectivity index (χ2n) is 6.27. The molecular formula is C20H19ClN2O4S. The van der Waals surface area contributed by atoms with Gasteiger partial charge < -0.3 is 10.1 Å². The van der Waals surface area contributed by atoms with Crippen molar-refractivity contribution in [1.29, 1.82) is 0 Å². The van der Waals surface area contributed by atoms with E-state index in [1.54, 1.807) is 37.3 Å². The van der Waals surface area contributed by atoms with Crippen molar-refractivity contribution in [2.24, 2.45) is 0 Å². The van der Waals surface area contributed by atoms with Gasteiger partial charge in [0.15, 0.2) is 6.10 Å². The fourth-order valence-corrected chi connectivity index (χ4v) is 3.83. The van der Waals surface area contributed by atoms with Crippen LogP contribution in [0.5, 0.6) is 0 Å². The average Bonchev–Trinajstić information content (AvgIpc) is 2.67. The van der Waals surface area contributed by atoms with Crippen LogP contribution >= 0.6 is 23.4 Å². The van der Waals surface area contributed by atoms with Crippen molar-refractivity contribution in [2.75, 3.05) is 22.5 Å². The van der Waals surface area contributed by atoms with Crippen LogP contribution in [0.1, 0.15) is 12.5 Å². The van der Waals surface area contributed by atoms with Crippen molar-refractivity contribution in [2.45, 2.75) is 24.8 Å². The first-order valence-corrected chi connectivity index (χ1v) is 10.0. The first kappa shape index (κ1) is 20.2. The Hall–Kier alpha value is -2.51. The zero-order chi connectivity index (χ0) is 20.3. The lowest BCUT2D eigenvalue weighted by Crippen LogP contribution is -2.41. The molecule has 0 saturated carbocycles. The lowest BCUT2D eigenvalue weighted by atomic mass is 10.2. The summed E-state index contributed by atoms with van der Waals surface area (Å²) in [6, 6.07) is 12.5. The minimum atomic E-state index is -1.02. The maximum absolute atomic E-state index is 12.4. The number of anilines is 2. The van der Waals surface area contributed by atoms with E-state index in [0.29, 0.717) is 16.4 Å². The van der Waals surface area contributed by atoms with Crippen molar-refractivity contribution in [3.63, 3.8) is 0 Å². The Kier molecular flexibility index (Phi) is 6.26. The van der Waals surface area contributed by atoms with Crippen LogP contribution in [0.3, 0.4) is 0 Å². The highest BCUT2D eigenvalue weighted by molar-refractivity contribution is 8.00. The molecule has 2 amide bonds. The third kappa shape index (κ3) is 4.48. The van der Waals surface area contributed by atoms with E-state index in [4.69, 9.17) is 16.3 Å². The van der Waals surface area contributed by atoms with Crippen LogP contribution in [-0.2, 0) is 19.1 Å². The molecule has 0 aliphatic carbocycles. The number of para-hydroxylation sites is 1. The van der Waals surface area contributed by atoms with Gasteiger partial charge in [-0.05, 0) is 43.7 Å². The highest BCUT2D eigenvalue weighted by Gasteiger charge is 2.28. The number of carbonyl (C=O) groups is 3. The second-order valence-corrected chi connectivity index (χ2v) is 7.69. The standard InChI is InChI=1S/C20H19ClN2O4S/c1-12-14(21)6-5-7-15(12)22-20(26)13(2)27-19(25)10-23-16-8-3-4-9-17(16)28-11-18(23)24/h3-9,13H,10-11H2,1-2H3,(H,22,26)/t13-/m0/s1. The molecule has 1 atom stereocenters. The molecule has 0 radical (unpaired) electrons. The Bertz CT molecular complexity index is 934. The number of esters is 1. The van der Waals surface area contributed by atoms with Crippen LogP contribution < -0.4 is 10.2 Å². The molecule has 1 heterocycles. The second kappa shape index (κ2) is 8.67. The van der Waals surface area contributed by atoms with E-state index in [1.165, 1.54) is 23.6 Å². The van der Waals surface area contributed by atoms with E-state index < -0.39 is 18.0 Å². The maximum atomic E-state index is 12.4. The summed E-state index contributed by atoms with van der Waals surface area (Å²) in [6.07, 6.45) is -1.02. The van der Waals surface area contributed by atoms with Gasteiger partial charge in [0.25, 0.3) is 5.91 Å². The molecule has 0 saturated heterocycles. The SMILES string of the molecule is Cc1c(Cl)cccc1NC(=O)[C@H](C)OC(=O)CN1C(=O)CSc2ccccc21. The van der Waals surface area contributed by atoms with E-state index in [2.05, 4.69) is 5.32 Å². The molecule has 1 aliphatic rings. The first-order valence-electron chi connectivity index (χ1n) is 8.64. The van der Waals surface area contributed by atoms with Gasteiger partial charge in [0, 0.05) is 15.6 Å². The molecule has 6 nitrogen and oxygen atoms in total. The Morgan fingerprint density at radius 2 is 2.00 bits per heavy atom. The van der Waals surface area contributed by atoms with E-state index in [1.807, 2.05) is 12.1 Å². The van der Waals surface area contributed by atoms with Gasteiger partial charge in [-0.25, -0.2) is 0 Å². The lowest BCUT2D eigenvalue weighted by Gasteiger charge is -2.28. The molecule has 1 N–H and O–H groups in total. The summed E-state index contributed by atoms with van der Waals surface area (Å²) in [4.78, 5) is 39.2. The summed E-state index contributed by atoms with van der Waals surface area (Å²) in [6.45, 7) is 3.02. The number of ether oxygens (including phenoxy) is 1. The number of nitrogens with one attached hydrogen (secondary N) is 1. The summed E-state index contributed by atoms with van der Waals surface area (Å²) in [7, 11) is 0. The van der Waals surface area contributed by atoms with Crippen LogP contribution in [0.2, 0.25) is 5.02 Å². The largest absolute Gasteiger partial charge is 0.451 e. The number of rotatable bonds is 5. The zero-order valence-electron chi connectivity index (χ0n) is 15.4. The summed E-state index contributed by atoms with van der Waals surface area (Å²) >= 11 is 7.48. The number of hydrogen-bond donors (Lipinski definition) is 1. The van der Waals surface area contributed by atoms with Gasteiger partial charge in [-0.3, -0.25) is 19.3 Å². The molecule has 0 spiro atoms. The average molecular weight is 419 g/mol. The molecule has 3 rings (SSSR count). The van der Waals surface area contributed by atoms with Gasteiger partial charge in [0.2, 0.25) is 5.91 Å². The van der Waals surface area contributed by atoms with Gasteiger partial charge in [-0.15, -0.1) is 11.8 Å². The summed E-state index contributed by atoms with van der Waals surface area (Å²) in [5.74, 6) is -1.04. The van der Waals surface area contributed by atoms with Gasteiger partial charge in [0.1, 0.15) is 6.54 Å². The molecule has 28 heavy (non-hydrogen) atoms. The van der Waals surface area contributed by atoms with Crippen molar-refractivity contribution < 1.29 is 19.1 Å². The monoisotopic (exact) mass is 418 g/mol. The topological polar surface area (TPSA) is 75.7 Å². The highest BCUT2D eigenvalue weighted by atomic mass is 35.5.